The Bertz CT molecular complexity index is 1470. The Labute approximate surface area is 186 Å². The maximum Gasteiger partial charge on any atom is 0.331 e. The summed E-state index contributed by atoms with van der Waals surface area (Å²) in [5.74, 6) is 6.29. The van der Waals surface area contributed by atoms with Gasteiger partial charge in [-0.15, -0.1) is 0 Å². The topological polar surface area (TPSA) is 69.2 Å². The third-order valence-corrected chi connectivity index (χ3v) is 5.60. The number of aliphatic hydroxyl groups is 1. The Kier molecular flexibility index (Phi) is 6.02. The quantitative estimate of drug-likeness (QED) is 0.496. The van der Waals surface area contributed by atoms with Crippen molar-refractivity contribution in [2.75, 3.05) is 6.61 Å². The van der Waals surface area contributed by atoms with Crippen molar-refractivity contribution in [1.29, 1.82) is 0 Å². The Balaban J connectivity index is 2.00. The lowest BCUT2D eigenvalue weighted by atomic mass is 10.0. The molecule has 0 fully saturated rings. The van der Waals surface area contributed by atoms with Gasteiger partial charge in [-0.1, -0.05) is 62.2 Å². The first kappa shape index (κ1) is 21.7. The summed E-state index contributed by atoms with van der Waals surface area (Å²) in [5.41, 5.74) is 1.59. The van der Waals surface area contributed by atoms with Gasteiger partial charge in [-0.05, 0) is 28.2 Å². The van der Waals surface area contributed by atoms with Crippen molar-refractivity contribution in [3.05, 3.63) is 80.8 Å². The maximum absolute atomic E-state index is 13.1. The molecule has 2 aromatic heterocycles. The van der Waals surface area contributed by atoms with Gasteiger partial charge in [-0.3, -0.25) is 13.9 Å². The van der Waals surface area contributed by atoms with Gasteiger partial charge in [0.25, 0.3) is 5.56 Å². The standard InChI is InChI=1S/C26H27N3O3/c1-18(2)15-29-23-17-28(16-20-11-8-10-19-9-4-5-12-21(19)20)22(13-6-7-14-30)24(23)25(31)27(3)26(29)32/h4-5,8-12,17-18,30H,7,14-16H2,1-3H3. The minimum Gasteiger partial charge on any atom is -0.395 e. The molecule has 0 saturated carbocycles. The molecular weight excluding hydrogens is 402 g/mol. The first-order chi connectivity index (χ1) is 15.4. The Morgan fingerprint density at radius 2 is 1.81 bits per heavy atom. The summed E-state index contributed by atoms with van der Waals surface area (Å²) in [6.07, 6.45) is 2.18. The van der Waals surface area contributed by atoms with Crippen molar-refractivity contribution in [2.24, 2.45) is 13.0 Å². The van der Waals surface area contributed by atoms with Gasteiger partial charge < -0.3 is 9.67 Å². The highest BCUT2D eigenvalue weighted by molar-refractivity contribution is 5.87. The van der Waals surface area contributed by atoms with Crippen LogP contribution < -0.4 is 11.2 Å². The monoisotopic (exact) mass is 429 g/mol. The van der Waals surface area contributed by atoms with Crippen LogP contribution in [-0.2, 0) is 20.1 Å². The fraction of sp³-hybridized carbons (Fsp3) is 0.308. The average molecular weight is 430 g/mol. The van der Waals surface area contributed by atoms with Crippen LogP contribution in [0.4, 0.5) is 0 Å². The van der Waals surface area contributed by atoms with Crippen molar-refractivity contribution in [3.8, 4) is 11.8 Å². The number of rotatable bonds is 5. The molecule has 4 aromatic rings. The minimum atomic E-state index is -0.352. The van der Waals surface area contributed by atoms with E-state index in [9.17, 15) is 14.7 Å². The van der Waals surface area contributed by atoms with E-state index in [4.69, 9.17) is 0 Å². The van der Waals surface area contributed by atoms with Gasteiger partial charge in [0.05, 0.1) is 17.5 Å². The third kappa shape index (κ3) is 3.88. The molecule has 0 aliphatic heterocycles. The third-order valence-electron chi connectivity index (χ3n) is 5.60. The largest absolute Gasteiger partial charge is 0.395 e. The molecule has 32 heavy (non-hydrogen) atoms. The molecule has 0 aliphatic rings. The molecule has 0 amide bonds. The Morgan fingerprint density at radius 1 is 1.06 bits per heavy atom. The normalized spacial score (nSPS) is 11.3. The van der Waals surface area contributed by atoms with Crippen LogP contribution in [0.1, 0.15) is 31.5 Å². The minimum absolute atomic E-state index is 0.0506. The highest BCUT2D eigenvalue weighted by Gasteiger charge is 2.19. The average Bonchev–Trinajstić information content (AvgIpc) is 3.13. The molecule has 4 rings (SSSR count). The number of hydrogen-bond acceptors (Lipinski definition) is 3. The van der Waals surface area contributed by atoms with E-state index in [1.165, 1.54) is 7.05 Å². The van der Waals surface area contributed by atoms with Crippen LogP contribution in [0.2, 0.25) is 0 Å². The SMILES string of the molecule is CC(C)Cn1c(=O)n(C)c(=O)c2c(C#CCCO)n(Cc3cccc4ccccc34)cc21. The van der Waals surface area contributed by atoms with Crippen LogP contribution in [0.3, 0.4) is 0 Å². The van der Waals surface area contributed by atoms with E-state index in [0.717, 1.165) is 20.9 Å². The molecule has 2 heterocycles. The van der Waals surface area contributed by atoms with E-state index < -0.39 is 0 Å². The molecule has 6 heteroatoms. The van der Waals surface area contributed by atoms with Gasteiger partial charge in [-0.2, -0.15) is 0 Å². The summed E-state index contributed by atoms with van der Waals surface area (Å²) in [5, 5.41) is 11.9. The van der Waals surface area contributed by atoms with E-state index in [1.54, 1.807) is 4.57 Å². The van der Waals surface area contributed by atoms with E-state index in [-0.39, 0.29) is 23.8 Å². The number of fused-ring (bicyclic) bond motifs is 2. The lowest BCUT2D eigenvalue weighted by molar-refractivity contribution is 0.305. The second-order valence-electron chi connectivity index (χ2n) is 8.43. The van der Waals surface area contributed by atoms with Crippen LogP contribution in [0, 0.1) is 17.8 Å². The molecule has 6 nitrogen and oxygen atoms in total. The Hall–Kier alpha value is -3.56. The summed E-state index contributed by atoms with van der Waals surface area (Å²) in [6, 6.07) is 14.3. The zero-order valence-electron chi connectivity index (χ0n) is 18.6. The van der Waals surface area contributed by atoms with Crippen molar-refractivity contribution in [1.82, 2.24) is 13.7 Å². The van der Waals surface area contributed by atoms with Gasteiger partial charge in [0.1, 0.15) is 5.69 Å². The number of benzene rings is 2. The molecule has 0 spiro atoms. The van der Waals surface area contributed by atoms with E-state index in [1.807, 2.05) is 42.8 Å². The van der Waals surface area contributed by atoms with Crippen LogP contribution >= 0.6 is 0 Å². The van der Waals surface area contributed by atoms with Crippen molar-refractivity contribution >= 4 is 21.7 Å². The molecule has 1 N–H and O–H groups in total. The van der Waals surface area contributed by atoms with Crippen LogP contribution in [0.15, 0.2) is 58.3 Å². The lowest BCUT2D eigenvalue weighted by Gasteiger charge is -2.11. The summed E-state index contributed by atoms with van der Waals surface area (Å²) in [6.45, 7) is 5.05. The summed E-state index contributed by atoms with van der Waals surface area (Å²) in [7, 11) is 1.51. The maximum atomic E-state index is 13.1. The fourth-order valence-corrected chi connectivity index (χ4v) is 4.11. The summed E-state index contributed by atoms with van der Waals surface area (Å²) >= 11 is 0. The molecule has 0 bridgehead atoms. The van der Waals surface area contributed by atoms with Gasteiger partial charge in [-0.25, -0.2) is 4.79 Å². The second-order valence-corrected chi connectivity index (χ2v) is 8.43. The summed E-state index contributed by atoms with van der Waals surface area (Å²) < 4.78 is 4.77. The molecule has 164 valence electrons. The van der Waals surface area contributed by atoms with Gasteiger partial charge in [0, 0.05) is 32.8 Å². The van der Waals surface area contributed by atoms with Crippen molar-refractivity contribution < 1.29 is 5.11 Å². The predicted molar refractivity (Wildman–Crippen MR) is 128 cm³/mol. The molecule has 0 unspecified atom stereocenters. The van der Waals surface area contributed by atoms with Crippen LogP contribution in [-0.4, -0.2) is 25.4 Å². The number of aromatic nitrogens is 3. The molecule has 0 atom stereocenters. The van der Waals surface area contributed by atoms with Gasteiger partial charge in [0.15, 0.2) is 0 Å². The molecular formula is C26H27N3O3. The first-order valence-corrected chi connectivity index (χ1v) is 10.8. The molecule has 0 aliphatic carbocycles. The number of aliphatic hydroxyl groups excluding tert-OH is 1. The highest BCUT2D eigenvalue weighted by Crippen LogP contribution is 2.23. The second kappa shape index (κ2) is 8.89. The Morgan fingerprint density at radius 3 is 2.56 bits per heavy atom. The highest BCUT2D eigenvalue weighted by atomic mass is 16.2. The van der Waals surface area contributed by atoms with E-state index in [2.05, 4.69) is 36.1 Å². The zero-order chi connectivity index (χ0) is 22.8. The lowest BCUT2D eigenvalue weighted by Crippen LogP contribution is -2.38. The fourth-order valence-electron chi connectivity index (χ4n) is 4.11. The van der Waals surface area contributed by atoms with Gasteiger partial charge in [0.2, 0.25) is 0 Å². The molecule has 0 saturated heterocycles. The van der Waals surface area contributed by atoms with Crippen molar-refractivity contribution in [2.45, 2.75) is 33.4 Å². The first-order valence-electron chi connectivity index (χ1n) is 10.8. The number of hydrogen-bond donors (Lipinski definition) is 1. The van der Waals surface area contributed by atoms with E-state index >= 15 is 0 Å². The predicted octanol–water partition coefficient (Wildman–Crippen LogP) is 3.09. The molecule has 0 radical (unpaired) electrons. The van der Waals surface area contributed by atoms with E-state index in [0.29, 0.717) is 36.1 Å². The van der Waals surface area contributed by atoms with Crippen LogP contribution in [0.25, 0.3) is 21.7 Å². The smallest absolute Gasteiger partial charge is 0.331 e. The number of nitrogens with zero attached hydrogens (tertiary/aromatic N) is 3. The van der Waals surface area contributed by atoms with Crippen molar-refractivity contribution in [3.63, 3.8) is 0 Å². The summed E-state index contributed by atoms with van der Waals surface area (Å²) in [4.78, 5) is 26.0. The van der Waals surface area contributed by atoms with Gasteiger partial charge >= 0.3 is 5.69 Å². The molecule has 2 aromatic carbocycles. The van der Waals surface area contributed by atoms with Crippen LogP contribution in [0.5, 0.6) is 0 Å². The zero-order valence-corrected chi connectivity index (χ0v) is 18.6.